The first-order valence-electron chi connectivity index (χ1n) is 10.8. The number of hydrazine groups is 1. The first-order chi connectivity index (χ1) is 15.5. The van der Waals surface area contributed by atoms with Crippen molar-refractivity contribution in [2.75, 3.05) is 43.5 Å². The van der Waals surface area contributed by atoms with Crippen molar-refractivity contribution >= 4 is 11.5 Å². The molecule has 2 aliphatic rings. The SMILES string of the molecule is COc1cc(N2CCN(C(C)C)CC2)cc(F)c1C1CC(Nc2cnc(C#N)cn2)NN1. The Morgan fingerprint density at radius 3 is 2.59 bits per heavy atom. The van der Waals surface area contributed by atoms with Gasteiger partial charge in [0.05, 0.1) is 31.7 Å². The summed E-state index contributed by atoms with van der Waals surface area (Å²) in [6.07, 6.45) is 3.30. The third-order valence-corrected chi connectivity index (χ3v) is 6.05. The van der Waals surface area contributed by atoms with Gasteiger partial charge in [0.25, 0.3) is 0 Å². The van der Waals surface area contributed by atoms with Crippen molar-refractivity contribution in [3.63, 3.8) is 0 Å². The van der Waals surface area contributed by atoms with Crippen molar-refractivity contribution in [1.82, 2.24) is 25.7 Å². The van der Waals surface area contributed by atoms with E-state index in [4.69, 9.17) is 10.00 Å². The molecule has 0 saturated carbocycles. The van der Waals surface area contributed by atoms with E-state index in [1.807, 2.05) is 12.1 Å². The largest absolute Gasteiger partial charge is 0.496 e. The zero-order valence-electron chi connectivity index (χ0n) is 18.6. The van der Waals surface area contributed by atoms with E-state index < -0.39 is 0 Å². The quantitative estimate of drug-likeness (QED) is 0.623. The number of nitriles is 1. The molecule has 0 radical (unpaired) electrons. The lowest BCUT2D eigenvalue weighted by molar-refractivity contribution is 0.209. The number of rotatable bonds is 6. The zero-order valence-corrected chi connectivity index (χ0v) is 18.6. The van der Waals surface area contributed by atoms with Gasteiger partial charge >= 0.3 is 0 Å². The normalized spacial score (nSPS) is 21.6. The molecule has 0 bridgehead atoms. The summed E-state index contributed by atoms with van der Waals surface area (Å²) in [4.78, 5) is 12.8. The molecule has 9 nitrogen and oxygen atoms in total. The Hall–Kier alpha value is -3.00. The van der Waals surface area contributed by atoms with E-state index in [1.165, 1.54) is 12.4 Å². The molecule has 2 atom stereocenters. The number of aromatic nitrogens is 2. The zero-order chi connectivity index (χ0) is 22.7. The highest BCUT2D eigenvalue weighted by molar-refractivity contribution is 5.56. The van der Waals surface area contributed by atoms with E-state index in [-0.39, 0.29) is 23.7 Å². The summed E-state index contributed by atoms with van der Waals surface area (Å²) in [6, 6.07) is 5.72. The molecule has 2 aromatic rings. The molecule has 3 N–H and O–H groups in total. The lowest BCUT2D eigenvalue weighted by atomic mass is 10.0. The van der Waals surface area contributed by atoms with E-state index >= 15 is 4.39 Å². The number of methoxy groups -OCH3 is 1. The highest BCUT2D eigenvalue weighted by atomic mass is 19.1. The maximum atomic E-state index is 15.3. The van der Waals surface area contributed by atoms with Crippen molar-refractivity contribution in [1.29, 1.82) is 5.26 Å². The Morgan fingerprint density at radius 2 is 1.97 bits per heavy atom. The summed E-state index contributed by atoms with van der Waals surface area (Å²) in [5.74, 6) is 0.778. The van der Waals surface area contributed by atoms with Gasteiger partial charge in [-0.2, -0.15) is 5.26 Å². The Morgan fingerprint density at radius 1 is 1.19 bits per heavy atom. The second-order valence-corrected chi connectivity index (χ2v) is 8.33. The maximum absolute atomic E-state index is 15.3. The lowest BCUT2D eigenvalue weighted by Crippen LogP contribution is -2.48. The van der Waals surface area contributed by atoms with Crippen LogP contribution in [-0.2, 0) is 0 Å². The van der Waals surface area contributed by atoms with Crippen molar-refractivity contribution in [3.05, 3.63) is 41.6 Å². The van der Waals surface area contributed by atoms with E-state index in [2.05, 4.69) is 49.8 Å². The van der Waals surface area contributed by atoms with Gasteiger partial charge in [0.2, 0.25) is 0 Å². The van der Waals surface area contributed by atoms with Crippen LogP contribution >= 0.6 is 0 Å². The monoisotopic (exact) mass is 440 g/mol. The summed E-state index contributed by atoms with van der Waals surface area (Å²) in [5.41, 5.74) is 7.87. The molecule has 3 heterocycles. The van der Waals surface area contributed by atoms with Crippen molar-refractivity contribution in [2.24, 2.45) is 0 Å². The number of benzene rings is 1. The number of nitrogens with one attached hydrogen (secondary N) is 3. The smallest absolute Gasteiger partial charge is 0.158 e. The van der Waals surface area contributed by atoms with Crippen LogP contribution in [0.5, 0.6) is 5.75 Å². The fourth-order valence-corrected chi connectivity index (χ4v) is 4.24. The van der Waals surface area contributed by atoms with E-state index in [9.17, 15) is 0 Å². The van der Waals surface area contributed by atoms with Crippen molar-refractivity contribution in [3.8, 4) is 11.8 Å². The molecule has 2 unspecified atom stereocenters. The van der Waals surface area contributed by atoms with Crippen molar-refractivity contribution < 1.29 is 9.13 Å². The minimum atomic E-state index is -0.288. The van der Waals surface area contributed by atoms with Gasteiger partial charge in [0.15, 0.2) is 5.69 Å². The highest BCUT2D eigenvalue weighted by Gasteiger charge is 2.31. The molecule has 2 aliphatic heterocycles. The van der Waals surface area contributed by atoms with Crippen molar-refractivity contribution in [2.45, 2.75) is 38.5 Å². The molecule has 0 spiro atoms. The Kier molecular flexibility index (Phi) is 6.69. The number of hydrogen-bond donors (Lipinski definition) is 3. The molecule has 32 heavy (non-hydrogen) atoms. The minimum Gasteiger partial charge on any atom is -0.496 e. The molecule has 1 aromatic heterocycles. The third-order valence-electron chi connectivity index (χ3n) is 6.05. The Bertz CT molecular complexity index is 969. The van der Waals surface area contributed by atoms with Gasteiger partial charge in [0.1, 0.15) is 23.5 Å². The van der Waals surface area contributed by atoms with Gasteiger partial charge < -0.3 is 15.0 Å². The molecule has 2 saturated heterocycles. The summed E-state index contributed by atoms with van der Waals surface area (Å²) in [7, 11) is 1.57. The van der Waals surface area contributed by atoms with Gasteiger partial charge in [-0.05, 0) is 19.9 Å². The highest BCUT2D eigenvalue weighted by Crippen LogP contribution is 2.36. The summed E-state index contributed by atoms with van der Waals surface area (Å²) in [5, 5.41) is 12.0. The van der Waals surface area contributed by atoms with Gasteiger partial charge in [-0.1, -0.05) is 0 Å². The van der Waals surface area contributed by atoms with Crippen LogP contribution < -0.4 is 25.8 Å². The van der Waals surface area contributed by atoms with Gasteiger partial charge in [-0.3, -0.25) is 4.90 Å². The maximum Gasteiger partial charge on any atom is 0.158 e. The first-order valence-corrected chi connectivity index (χ1v) is 10.8. The topological polar surface area (TPSA) is 101 Å². The summed E-state index contributed by atoms with van der Waals surface area (Å²) >= 11 is 0. The molecule has 0 amide bonds. The number of ether oxygens (including phenoxy) is 1. The summed E-state index contributed by atoms with van der Waals surface area (Å²) < 4.78 is 20.9. The minimum absolute atomic E-state index is 0.185. The van der Waals surface area contributed by atoms with Crippen LogP contribution in [0.2, 0.25) is 0 Å². The average Bonchev–Trinajstić information content (AvgIpc) is 3.26. The second-order valence-electron chi connectivity index (χ2n) is 8.33. The molecular formula is C22H29FN8O. The fraction of sp³-hybridized carbons (Fsp3) is 0.500. The van der Waals surface area contributed by atoms with E-state index in [1.54, 1.807) is 13.2 Å². The fourth-order valence-electron chi connectivity index (χ4n) is 4.24. The second kappa shape index (κ2) is 9.65. The number of halogens is 1. The van der Waals surface area contributed by atoms with E-state index in [0.717, 1.165) is 31.9 Å². The predicted molar refractivity (Wildman–Crippen MR) is 120 cm³/mol. The lowest BCUT2D eigenvalue weighted by Gasteiger charge is -2.38. The molecule has 10 heteroatoms. The van der Waals surface area contributed by atoms with Crippen LogP contribution in [0.1, 0.15) is 37.6 Å². The molecule has 2 fully saturated rings. The Labute approximate surface area is 187 Å². The average molecular weight is 441 g/mol. The van der Waals surface area contributed by atoms with Gasteiger partial charge in [0, 0.05) is 56.0 Å². The van der Waals surface area contributed by atoms with Crippen LogP contribution in [0, 0.1) is 17.1 Å². The van der Waals surface area contributed by atoms with Crippen LogP contribution in [0.3, 0.4) is 0 Å². The summed E-state index contributed by atoms with van der Waals surface area (Å²) in [6.45, 7) is 8.05. The predicted octanol–water partition coefficient (Wildman–Crippen LogP) is 2.00. The molecule has 1 aromatic carbocycles. The Balaban J connectivity index is 1.45. The van der Waals surface area contributed by atoms with Gasteiger partial charge in [-0.25, -0.2) is 25.2 Å². The molecule has 170 valence electrons. The number of nitrogens with zero attached hydrogens (tertiary/aromatic N) is 5. The van der Waals surface area contributed by atoms with Gasteiger partial charge in [-0.15, -0.1) is 0 Å². The number of piperazine rings is 1. The number of anilines is 2. The van der Waals surface area contributed by atoms with E-state index in [0.29, 0.717) is 29.6 Å². The number of hydrogen-bond acceptors (Lipinski definition) is 9. The third kappa shape index (κ3) is 4.75. The van der Waals surface area contributed by atoms with Crippen LogP contribution in [0.15, 0.2) is 24.5 Å². The standard InChI is InChI=1S/C22H29FN8O/c1-14(2)30-4-6-31(7-5-30)16-8-17(23)22(19(9-16)32-3)18-10-20(29-28-18)27-21-13-25-15(11-24)12-26-21/h8-9,12-14,18,20,28-29H,4-7,10H2,1-3H3,(H,26,27). The molecular weight excluding hydrogens is 411 g/mol. The van der Waals surface area contributed by atoms with Crippen LogP contribution in [-0.4, -0.2) is 60.4 Å². The molecule has 0 aliphatic carbocycles. The molecule has 4 rings (SSSR count). The first kappa shape index (κ1) is 22.2. The van der Waals surface area contributed by atoms with Crippen LogP contribution in [0.25, 0.3) is 0 Å². The van der Waals surface area contributed by atoms with Crippen LogP contribution in [0.4, 0.5) is 15.9 Å².